The Hall–Kier alpha value is -0.700. The smallest absolute Gasteiger partial charge is 0.127 e. The molecular formula is C15H11BrCl2O. The average molecular weight is 358 g/mol. The Morgan fingerprint density at radius 2 is 1.89 bits per heavy atom. The molecule has 0 amide bonds. The molecular weight excluding hydrogens is 347 g/mol. The third-order valence-electron chi connectivity index (χ3n) is 3.21. The van der Waals surface area contributed by atoms with Gasteiger partial charge in [0.15, 0.2) is 0 Å². The minimum atomic E-state index is -0.235. The molecule has 0 saturated heterocycles. The van der Waals surface area contributed by atoms with Gasteiger partial charge in [0.05, 0.1) is 12.0 Å². The number of ether oxygens (including phenoxy) is 1. The van der Waals surface area contributed by atoms with Crippen molar-refractivity contribution in [3.8, 4) is 5.75 Å². The van der Waals surface area contributed by atoms with Crippen LogP contribution in [-0.2, 0) is 6.42 Å². The van der Waals surface area contributed by atoms with Crippen LogP contribution in [-0.4, -0.2) is 6.61 Å². The van der Waals surface area contributed by atoms with Crippen LogP contribution < -0.4 is 4.74 Å². The van der Waals surface area contributed by atoms with Crippen LogP contribution in [0.5, 0.6) is 5.75 Å². The number of alkyl halides is 1. The average Bonchev–Trinajstić information content (AvgIpc) is 2.85. The zero-order chi connectivity index (χ0) is 13.4. The van der Waals surface area contributed by atoms with E-state index in [0.29, 0.717) is 5.02 Å². The van der Waals surface area contributed by atoms with Gasteiger partial charge in [0.1, 0.15) is 5.75 Å². The molecule has 0 N–H and O–H groups in total. The SMILES string of the molecule is Clc1ccc(C(Cl)c2cc(Br)cc3c2OCC3)cc1. The Morgan fingerprint density at radius 3 is 2.63 bits per heavy atom. The molecule has 1 nitrogen and oxygen atoms in total. The van der Waals surface area contributed by atoms with E-state index in [9.17, 15) is 0 Å². The molecule has 0 spiro atoms. The summed E-state index contributed by atoms with van der Waals surface area (Å²) in [7, 11) is 0. The molecule has 0 aromatic heterocycles. The first kappa shape index (κ1) is 13.3. The van der Waals surface area contributed by atoms with E-state index < -0.39 is 0 Å². The fourth-order valence-corrected chi connectivity index (χ4v) is 3.25. The summed E-state index contributed by atoms with van der Waals surface area (Å²) in [5, 5.41) is 0.477. The van der Waals surface area contributed by atoms with Crippen molar-refractivity contribution in [3.05, 3.63) is 62.6 Å². The highest BCUT2D eigenvalue weighted by Crippen LogP contribution is 2.41. The van der Waals surface area contributed by atoms with E-state index in [1.807, 2.05) is 30.3 Å². The molecule has 2 aromatic carbocycles. The molecule has 0 aliphatic carbocycles. The second-order valence-corrected chi connectivity index (χ2v) is 6.28. The lowest BCUT2D eigenvalue weighted by Gasteiger charge is -2.15. The maximum absolute atomic E-state index is 6.60. The Kier molecular flexibility index (Phi) is 3.75. The Labute approximate surface area is 130 Å². The van der Waals surface area contributed by atoms with E-state index in [1.165, 1.54) is 5.56 Å². The van der Waals surface area contributed by atoms with E-state index in [0.717, 1.165) is 34.4 Å². The van der Waals surface area contributed by atoms with Crippen molar-refractivity contribution in [2.75, 3.05) is 6.61 Å². The largest absolute Gasteiger partial charge is 0.493 e. The van der Waals surface area contributed by atoms with Crippen molar-refractivity contribution in [2.24, 2.45) is 0 Å². The fourth-order valence-electron chi connectivity index (χ4n) is 2.30. The van der Waals surface area contributed by atoms with E-state index in [-0.39, 0.29) is 5.38 Å². The molecule has 0 bridgehead atoms. The number of hydrogen-bond donors (Lipinski definition) is 0. The van der Waals surface area contributed by atoms with Crippen LogP contribution in [0.15, 0.2) is 40.9 Å². The van der Waals surface area contributed by atoms with Crippen molar-refractivity contribution in [3.63, 3.8) is 0 Å². The van der Waals surface area contributed by atoms with Gasteiger partial charge in [-0.05, 0) is 35.4 Å². The van der Waals surface area contributed by atoms with Gasteiger partial charge in [0, 0.05) is 21.5 Å². The molecule has 98 valence electrons. The summed E-state index contributed by atoms with van der Waals surface area (Å²) in [6, 6.07) is 11.7. The van der Waals surface area contributed by atoms with Crippen molar-refractivity contribution in [2.45, 2.75) is 11.8 Å². The summed E-state index contributed by atoms with van der Waals surface area (Å²) < 4.78 is 6.75. The molecule has 4 heteroatoms. The molecule has 0 radical (unpaired) electrons. The van der Waals surface area contributed by atoms with Gasteiger partial charge in [-0.3, -0.25) is 0 Å². The van der Waals surface area contributed by atoms with Gasteiger partial charge in [-0.2, -0.15) is 0 Å². The molecule has 1 atom stereocenters. The fraction of sp³-hybridized carbons (Fsp3) is 0.200. The summed E-state index contributed by atoms with van der Waals surface area (Å²) in [4.78, 5) is 0. The third-order valence-corrected chi connectivity index (χ3v) is 4.41. The quantitative estimate of drug-likeness (QED) is 0.657. The number of rotatable bonds is 2. The topological polar surface area (TPSA) is 9.23 Å². The zero-order valence-corrected chi connectivity index (χ0v) is 13.1. The van der Waals surface area contributed by atoms with Crippen LogP contribution in [0.3, 0.4) is 0 Å². The van der Waals surface area contributed by atoms with Gasteiger partial charge in [-0.15, -0.1) is 11.6 Å². The van der Waals surface area contributed by atoms with Crippen LogP contribution in [0.1, 0.15) is 22.1 Å². The highest BCUT2D eigenvalue weighted by Gasteiger charge is 2.23. The van der Waals surface area contributed by atoms with Crippen LogP contribution in [0, 0.1) is 0 Å². The zero-order valence-electron chi connectivity index (χ0n) is 10.00. The third kappa shape index (κ3) is 2.62. The standard InChI is InChI=1S/C15H11BrCl2O/c16-11-7-10-5-6-19-15(10)13(8-11)14(18)9-1-3-12(17)4-2-9/h1-4,7-8,14H,5-6H2. The molecule has 19 heavy (non-hydrogen) atoms. The predicted molar refractivity (Wildman–Crippen MR) is 82.5 cm³/mol. The number of halogens is 3. The van der Waals surface area contributed by atoms with Crippen LogP contribution in [0.2, 0.25) is 5.02 Å². The Bertz CT molecular complexity index is 610. The summed E-state index contributed by atoms with van der Waals surface area (Å²) in [5.74, 6) is 0.929. The lowest BCUT2D eigenvalue weighted by molar-refractivity contribution is 0.353. The summed E-state index contributed by atoms with van der Waals surface area (Å²) in [5.41, 5.74) is 3.23. The molecule has 1 aliphatic heterocycles. The molecule has 0 saturated carbocycles. The van der Waals surface area contributed by atoms with Gasteiger partial charge < -0.3 is 4.74 Å². The van der Waals surface area contributed by atoms with Gasteiger partial charge in [-0.25, -0.2) is 0 Å². The predicted octanol–water partition coefficient (Wildman–Crippen LogP) is 5.37. The van der Waals surface area contributed by atoms with Crippen LogP contribution in [0.25, 0.3) is 0 Å². The number of hydrogen-bond acceptors (Lipinski definition) is 1. The summed E-state index contributed by atoms with van der Waals surface area (Å²) in [6.45, 7) is 0.725. The first-order valence-electron chi connectivity index (χ1n) is 6.00. The maximum Gasteiger partial charge on any atom is 0.127 e. The highest BCUT2D eigenvalue weighted by molar-refractivity contribution is 9.10. The highest BCUT2D eigenvalue weighted by atomic mass is 79.9. The van der Waals surface area contributed by atoms with Gasteiger partial charge >= 0.3 is 0 Å². The summed E-state index contributed by atoms with van der Waals surface area (Å²) >= 11 is 16.0. The maximum atomic E-state index is 6.60. The molecule has 1 aliphatic rings. The van der Waals surface area contributed by atoms with Crippen LogP contribution >= 0.6 is 39.1 Å². The molecule has 3 rings (SSSR count). The van der Waals surface area contributed by atoms with E-state index in [4.69, 9.17) is 27.9 Å². The second kappa shape index (κ2) is 5.35. The van der Waals surface area contributed by atoms with Gasteiger partial charge in [-0.1, -0.05) is 39.7 Å². The Balaban J connectivity index is 2.04. The Morgan fingerprint density at radius 1 is 1.16 bits per heavy atom. The molecule has 1 unspecified atom stereocenters. The molecule has 1 heterocycles. The van der Waals surface area contributed by atoms with Crippen molar-refractivity contribution < 1.29 is 4.74 Å². The lowest BCUT2D eigenvalue weighted by Crippen LogP contribution is -1.97. The van der Waals surface area contributed by atoms with E-state index in [2.05, 4.69) is 22.0 Å². The molecule has 2 aromatic rings. The second-order valence-electron chi connectivity index (χ2n) is 4.50. The van der Waals surface area contributed by atoms with Gasteiger partial charge in [0.2, 0.25) is 0 Å². The minimum Gasteiger partial charge on any atom is -0.493 e. The first-order chi connectivity index (χ1) is 9.15. The lowest BCUT2D eigenvalue weighted by atomic mass is 10.0. The van der Waals surface area contributed by atoms with E-state index >= 15 is 0 Å². The van der Waals surface area contributed by atoms with Crippen molar-refractivity contribution in [1.29, 1.82) is 0 Å². The normalized spacial score (nSPS) is 14.9. The van der Waals surface area contributed by atoms with Crippen LogP contribution in [0.4, 0.5) is 0 Å². The first-order valence-corrected chi connectivity index (χ1v) is 7.60. The van der Waals surface area contributed by atoms with Crippen molar-refractivity contribution in [1.82, 2.24) is 0 Å². The molecule has 0 fully saturated rings. The number of fused-ring (bicyclic) bond motifs is 1. The van der Waals surface area contributed by atoms with Gasteiger partial charge in [0.25, 0.3) is 0 Å². The van der Waals surface area contributed by atoms with E-state index in [1.54, 1.807) is 0 Å². The summed E-state index contributed by atoms with van der Waals surface area (Å²) in [6.07, 6.45) is 0.937. The minimum absolute atomic E-state index is 0.235. The number of benzene rings is 2. The monoisotopic (exact) mass is 356 g/mol. The van der Waals surface area contributed by atoms with Crippen molar-refractivity contribution >= 4 is 39.1 Å².